The maximum Gasteiger partial charge on any atom is 0.102 e. The molecule has 1 atom stereocenters. The number of hydrogen-bond acceptors (Lipinski definition) is 2. The molecule has 0 aliphatic rings. The summed E-state index contributed by atoms with van der Waals surface area (Å²) >= 11 is 0. The second-order valence-corrected chi connectivity index (χ2v) is 6.32. The van der Waals surface area contributed by atoms with Crippen molar-refractivity contribution < 1.29 is 9.84 Å². The molecule has 0 aliphatic heterocycles. The molecule has 0 aliphatic carbocycles. The van der Waals surface area contributed by atoms with E-state index >= 15 is 0 Å². The summed E-state index contributed by atoms with van der Waals surface area (Å²) in [6, 6.07) is 6.15. The molecular formula is C16H26O2. The van der Waals surface area contributed by atoms with E-state index in [0.717, 1.165) is 12.0 Å². The second-order valence-electron chi connectivity index (χ2n) is 6.32. The summed E-state index contributed by atoms with van der Waals surface area (Å²) < 4.78 is 5.56. The highest BCUT2D eigenvalue weighted by atomic mass is 16.5. The summed E-state index contributed by atoms with van der Waals surface area (Å²) in [5.74, 6) is 0. The van der Waals surface area contributed by atoms with Gasteiger partial charge < -0.3 is 9.84 Å². The van der Waals surface area contributed by atoms with Gasteiger partial charge in [-0.15, -0.1) is 0 Å². The number of rotatable bonds is 5. The number of aryl methyl sites for hydroxylation is 2. The van der Waals surface area contributed by atoms with Crippen molar-refractivity contribution >= 4 is 0 Å². The highest BCUT2D eigenvalue weighted by molar-refractivity contribution is 5.29. The number of benzene rings is 1. The van der Waals surface area contributed by atoms with Gasteiger partial charge in [0.1, 0.15) is 6.10 Å². The summed E-state index contributed by atoms with van der Waals surface area (Å²) in [5.41, 5.74) is 3.59. The van der Waals surface area contributed by atoms with Gasteiger partial charge in [0, 0.05) is 6.61 Å². The fourth-order valence-corrected chi connectivity index (χ4v) is 1.87. The van der Waals surface area contributed by atoms with Crippen molar-refractivity contribution in [2.45, 2.75) is 47.1 Å². The van der Waals surface area contributed by atoms with E-state index in [4.69, 9.17) is 4.74 Å². The van der Waals surface area contributed by atoms with Crippen LogP contribution in [-0.4, -0.2) is 18.3 Å². The van der Waals surface area contributed by atoms with Crippen LogP contribution in [0.25, 0.3) is 0 Å². The SMILES string of the molecule is Cc1cc(C)cc(C(O)COCCC(C)(C)C)c1. The van der Waals surface area contributed by atoms with Gasteiger partial charge in [0.2, 0.25) is 0 Å². The first-order chi connectivity index (χ1) is 8.28. The minimum absolute atomic E-state index is 0.283. The Bertz CT molecular complexity index is 357. The Labute approximate surface area is 111 Å². The van der Waals surface area contributed by atoms with Crippen LogP contribution >= 0.6 is 0 Å². The van der Waals surface area contributed by atoms with Crippen molar-refractivity contribution in [2.24, 2.45) is 5.41 Å². The maximum absolute atomic E-state index is 10.1. The van der Waals surface area contributed by atoms with Crippen molar-refractivity contribution in [2.75, 3.05) is 13.2 Å². The average molecular weight is 250 g/mol. The molecule has 1 unspecified atom stereocenters. The molecule has 18 heavy (non-hydrogen) atoms. The molecule has 1 aromatic rings. The van der Waals surface area contributed by atoms with Crippen molar-refractivity contribution in [1.29, 1.82) is 0 Å². The van der Waals surface area contributed by atoms with Crippen molar-refractivity contribution in [3.8, 4) is 0 Å². The van der Waals surface area contributed by atoms with E-state index in [1.807, 2.05) is 26.0 Å². The monoisotopic (exact) mass is 250 g/mol. The lowest BCUT2D eigenvalue weighted by Crippen LogP contribution is -2.13. The Morgan fingerprint density at radius 1 is 1.11 bits per heavy atom. The Morgan fingerprint density at radius 3 is 2.17 bits per heavy atom. The van der Waals surface area contributed by atoms with Crippen LogP contribution in [0.2, 0.25) is 0 Å². The van der Waals surface area contributed by atoms with Crippen molar-refractivity contribution in [1.82, 2.24) is 0 Å². The highest BCUT2D eigenvalue weighted by Crippen LogP contribution is 2.20. The van der Waals surface area contributed by atoms with E-state index in [1.165, 1.54) is 11.1 Å². The lowest BCUT2D eigenvalue weighted by atomic mass is 9.93. The van der Waals surface area contributed by atoms with Crippen LogP contribution in [0.5, 0.6) is 0 Å². The van der Waals surface area contributed by atoms with Gasteiger partial charge in [0.15, 0.2) is 0 Å². The molecule has 0 heterocycles. The van der Waals surface area contributed by atoms with Gasteiger partial charge in [-0.3, -0.25) is 0 Å². The number of aliphatic hydroxyl groups is 1. The summed E-state index contributed by atoms with van der Waals surface area (Å²) in [6.07, 6.45) is 0.482. The molecule has 0 amide bonds. The summed E-state index contributed by atoms with van der Waals surface area (Å²) in [4.78, 5) is 0. The molecule has 2 heteroatoms. The van der Waals surface area contributed by atoms with Gasteiger partial charge >= 0.3 is 0 Å². The minimum Gasteiger partial charge on any atom is -0.386 e. The smallest absolute Gasteiger partial charge is 0.102 e. The molecule has 2 nitrogen and oxygen atoms in total. The highest BCUT2D eigenvalue weighted by Gasteiger charge is 2.12. The Kier molecular flexibility index (Phi) is 5.36. The first-order valence-electron chi connectivity index (χ1n) is 6.62. The van der Waals surface area contributed by atoms with E-state index in [9.17, 15) is 5.11 Å². The molecular weight excluding hydrogens is 224 g/mol. The van der Waals surface area contributed by atoms with Crippen LogP contribution in [0.15, 0.2) is 18.2 Å². The van der Waals surface area contributed by atoms with Gasteiger partial charge in [-0.25, -0.2) is 0 Å². The summed E-state index contributed by atoms with van der Waals surface area (Å²) in [5, 5.41) is 10.1. The summed E-state index contributed by atoms with van der Waals surface area (Å²) in [6.45, 7) is 11.7. The molecule has 1 rings (SSSR count). The third kappa shape index (κ3) is 5.65. The number of ether oxygens (including phenoxy) is 1. The molecule has 0 spiro atoms. The molecule has 102 valence electrons. The van der Waals surface area contributed by atoms with Crippen LogP contribution in [0, 0.1) is 19.3 Å². The lowest BCUT2D eigenvalue weighted by Gasteiger charge is -2.19. The Morgan fingerprint density at radius 2 is 1.67 bits per heavy atom. The van der Waals surface area contributed by atoms with Crippen molar-refractivity contribution in [3.05, 3.63) is 34.9 Å². The zero-order chi connectivity index (χ0) is 13.8. The third-order valence-corrected chi connectivity index (χ3v) is 2.90. The standard InChI is InChI=1S/C16H26O2/c1-12-8-13(2)10-14(9-12)15(17)11-18-7-6-16(3,4)5/h8-10,15,17H,6-7,11H2,1-5H3. The Hall–Kier alpha value is -0.860. The first-order valence-corrected chi connectivity index (χ1v) is 6.62. The molecule has 1 N–H and O–H groups in total. The minimum atomic E-state index is -0.524. The number of aliphatic hydroxyl groups excluding tert-OH is 1. The molecule has 0 bridgehead atoms. The quantitative estimate of drug-likeness (QED) is 0.806. The lowest BCUT2D eigenvalue weighted by molar-refractivity contribution is 0.0263. The van der Waals surface area contributed by atoms with Crippen LogP contribution in [0.3, 0.4) is 0 Å². The first kappa shape index (κ1) is 15.2. The predicted molar refractivity (Wildman–Crippen MR) is 75.8 cm³/mol. The molecule has 0 radical (unpaired) electrons. The average Bonchev–Trinajstić information content (AvgIpc) is 2.21. The van der Waals surface area contributed by atoms with Gasteiger partial charge in [0.05, 0.1) is 6.61 Å². The van der Waals surface area contributed by atoms with Crippen molar-refractivity contribution in [3.63, 3.8) is 0 Å². The molecule has 0 saturated heterocycles. The predicted octanol–water partition coefficient (Wildman–Crippen LogP) is 3.79. The molecule has 0 saturated carbocycles. The van der Waals surface area contributed by atoms with Gasteiger partial charge in [0.25, 0.3) is 0 Å². The van der Waals surface area contributed by atoms with E-state index in [1.54, 1.807) is 0 Å². The molecule has 1 aromatic carbocycles. The zero-order valence-electron chi connectivity index (χ0n) is 12.3. The van der Waals surface area contributed by atoms with Gasteiger partial charge in [-0.2, -0.15) is 0 Å². The summed E-state index contributed by atoms with van der Waals surface area (Å²) in [7, 11) is 0. The van der Waals surface area contributed by atoms with E-state index < -0.39 is 6.10 Å². The maximum atomic E-state index is 10.1. The fraction of sp³-hybridized carbons (Fsp3) is 0.625. The largest absolute Gasteiger partial charge is 0.386 e. The molecule has 0 fully saturated rings. The van der Waals surface area contributed by atoms with E-state index in [-0.39, 0.29) is 5.41 Å². The topological polar surface area (TPSA) is 29.5 Å². The van der Waals surface area contributed by atoms with Crippen LogP contribution < -0.4 is 0 Å². The van der Waals surface area contributed by atoms with E-state index in [0.29, 0.717) is 13.2 Å². The second kappa shape index (κ2) is 6.35. The fourth-order valence-electron chi connectivity index (χ4n) is 1.87. The van der Waals surface area contributed by atoms with Gasteiger partial charge in [-0.05, 0) is 31.2 Å². The van der Waals surface area contributed by atoms with E-state index in [2.05, 4.69) is 26.8 Å². The Balaban J connectivity index is 2.43. The van der Waals surface area contributed by atoms with Gasteiger partial charge in [-0.1, -0.05) is 50.1 Å². The zero-order valence-corrected chi connectivity index (χ0v) is 12.3. The van der Waals surface area contributed by atoms with Crippen LogP contribution in [0.1, 0.15) is 50.0 Å². The van der Waals surface area contributed by atoms with Crippen LogP contribution in [-0.2, 0) is 4.74 Å². The number of hydrogen-bond donors (Lipinski definition) is 1. The third-order valence-electron chi connectivity index (χ3n) is 2.90. The van der Waals surface area contributed by atoms with Crippen LogP contribution in [0.4, 0.5) is 0 Å². The molecule has 0 aromatic heterocycles. The normalized spacial score (nSPS) is 13.7.